The van der Waals surface area contributed by atoms with Crippen LogP contribution in [0.2, 0.25) is 0 Å². The molecule has 0 aromatic heterocycles. The first-order valence-corrected chi connectivity index (χ1v) is 4.83. The van der Waals surface area contributed by atoms with Gasteiger partial charge in [0, 0.05) is 6.42 Å². The van der Waals surface area contributed by atoms with Crippen molar-refractivity contribution in [2.45, 2.75) is 53.4 Å². The van der Waals surface area contributed by atoms with Crippen LogP contribution in [0.1, 0.15) is 53.4 Å². The lowest BCUT2D eigenvalue weighted by atomic mass is 9.99. The van der Waals surface area contributed by atoms with E-state index >= 15 is 0 Å². The van der Waals surface area contributed by atoms with Gasteiger partial charge in [0.1, 0.15) is 0 Å². The average molecular weight is 168 g/mol. The van der Waals surface area contributed by atoms with E-state index in [4.69, 9.17) is 0 Å². The molecule has 0 radical (unpaired) electrons. The zero-order valence-electron chi connectivity index (χ0n) is 8.74. The molecule has 0 atom stereocenters. The Morgan fingerprint density at radius 2 is 1.75 bits per heavy atom. The van der Waals surface area contributed by atoms with Gasteiger partial charge < -0.3 is 0 Å². The Kier molecular flexibility index (Phi) is 5.69. The second-order valence-corrected chi connectivity index (χ2v) is 3.36. The summed E-state index contributed by atoms with van der Waals surface area (Å²) in [7, 11) is 0. The van der Waals surface area contributed by atoms with Crippen molar-refractivity contribution in [3.05, 3.63) is 11.1 Å². The molecule has 0 amide bonds. The van der Waals surface area contributed by atoms with Crippen LogP contribution in [0.4, 0.5) is 0 Å². The highest BCUT2D eigenvalue weighted by molar-refractivity contribution is 5.95. The van der Waals surface area contributed by atoms with Crippen molar-refractivity contribution in [1.82, 2.24) is 0 Å². The first-order chi connectivity index (χ1) is 5.63. The molecule has 0 aliphatic rings. The molecular formula is C11H20O. The topological polar surface area (TPSA) is 17.1 Å². The van der Waals surface area contributed by atoms with Gasteiger partial charge >= 0.3 is 0 Å². The fourth-order valence-corrected chi connectivity index (χ4v) is 1.24. The summed E-state index contributed by atoms with van der Waals surface area (Å²) in [5, 5.41) is 0. The van der Waals surface area contributed by atoms with Crippen LogP contribution in [-0.2, 0) is 4.79 Å². The summed E-state index contributed by atoms with van der Waals surface area (Å²) in [5.41, 5.74) is 2.25. The molecule has 0 unspecified atom stereocenters. The lowest BCUT2D eigenvalue weighted by Gasteiger charge is -2.06. The largest absolute Gasteiger partial charge is 0.295 e. The molecule has 0 heterocycles. The van der Waals surface area contributed by atoms with Crippen molar-refractivity contribution in [1.29, 1.82) is 0 Å². The minimum atomic E-state index is 0.323. The Labute approximate surface area is 75.9 Å². The third kappa shape index (κ3) is 3.70. The maximum Gasteiger partial charge on any atom is 0.158 e. The van der Waals surface area contributed by atoms with E-state index in [1.54, 1.807) is 0 Å². The summed E-state index contributed by atoms with van der Waals surface area (Å²) in [6, 6.07) is 0. The zero-order chi connectivity index (χ0) is 9.56. The normalized spacial score (nSPS) is 9.67. The van der Waals surface area contributed by atoms with Crippen molar-refractivity contribution in [3.8, 4) is 0 Å². The highest BCUT2D eigenvalue weighted by Gasteiger charge is 2.07. The predicted octanol–water partition coefficient (Wildman–Crippen LogP) is 3.49. The van der Waals surface area contributed by atoms with Crippen LogP contribution < -0.4 is 0 Å². The molecule has 0 fully saturated rings. The summed E-state index contributed by atoms with van der Waals surface area (Å²) >= 11 is 0. The Balaban J connectivity index is 4.26. The fourth-order valence-electron chi connectivity index (χ4n) is 1.24. The number of hydrogen-bond donors (Lipinski definition) is 0. The molecule has 12 heavy (non-hydrogen) atoms. The molecule has 0 rings (SSSR count). The summed E-state index contributed by atoms with van der Waals surface area (Å²) in [6.45, 7) is 8.13. The van der Waals surface area contributed by atoms with Crippen molar-refractivity contribution in [3.63, 3.8) is 0 Å². The summed E-state index contributed by atoms with van der Waals surface area (Å²) in [4.78, 5) is 11.4. The number of carbonyl (C=O) groups is 1. The zero-order valence-corrected chi connectivity index (χ0v) is 8.74. The van der Waals surface area contributed by atoms with E-state index in [0.29, 0.717) is 12.2 Å². The van der Waals surface area contributed by atoms with E-state index in [1.807, 2.05) is 20.8 Å². The standard InChI is InChI=1S/C11H20O/c1-5-7-8-10(9(3)4)11(12)6-2/h5-8H2,1-4H3. The second-order valence-electron chi connectivity index (χ2n) is 3.36. The van der Waals surface area contributed by atoms with Gasteiger partial charge in [-0.25, -0.2) is 0 Å². The van der Waals surface area contributed by atoms with Gasteiger partial charge in [-0.2, -0.15) is 0 Å². The molecule has 0 aromatic carbocycles. The number of ketones is 1. The molecule has 0 spiro atoms. The molecule has 0 aliphatic heterocycles. The monoisotopic (exact) mass is 168 g/mol. The summed E-state index contributed by atoms with van der Waals surface area (Å²) < 4.78 is 0. The highest BCUT2D eigenvalue weighted by Crippen LogP contribution is 2.14. The Bertz CT molecular complexity index is 173. The first-order valence-electron chi connectivity index (χ1n) is 4.83. The van der Waals surface area contributed by atoms with Gasteiger partial charge in [0.2, 0.25) is 0 Å². The van der Waals surface area contributed by atoms with Crippen LogP contribution in [0.25, 0.3) is 0 Å². The van der Waals surface area contributed by atoms with Gasteiger partial charge in [0.25, 0.3) is 0 Å². The Morgan fingerprint density at radius 1 is 1.17 bits per heavy atom. The maximum absolute atomic E-state index is 11.4. The van der Waals surface area contributed by atoms with Crippen LogP contribution in [0.3, 0.4) is 0 Å². The van der Waals surface area contributed by atoms with E-state index in [2.05, 4.69) is 6.92 Å². The van der Waals surface area contributed by atoms with Gasteiger partial charge in [-0.05, 0) is 32.3 Å². The second kappa shape index (κ2) is 5.99. The molecule has 1 heteroatoms. The fraction of sp³-hybridized carbons (Fsp3) is 0.727. The minimum Gasteiger partial charge on any atom is -0.295 e. The van der Waals surface area contributed by atoms with Crippen molar-refractivity contribution in [2.24, 2.45) is 0 Å². The summed E-state index contributed by atoms with van der Waals surface area (Å²) in [5.74, 6) is 0.323. The summed E-state index contributed by atoms with van der Waals surface area (Å²) in [6.07, 6.45) is 3.90. The van der Waals surface area contributed by atoms with E-state index in [-0.39, 0.29) is 0 Å². The van der Waals surface area contributed by atoms with Gasteiger partial charge in [-0.3, -0.25) is 4.79 Å². The number of carbonyl (C=O) groups excluding carboxylic acids is 1. The van der Waals surface area contributed by atoms with E-state index < -0.39 is 0 Å². The quantitative estimate of drug-likeness (QED) is 0.574. The lowest BCUT2D eigenvalue weighted by Crippen LogP contribution is -2.02. The lowest BCUT2D eigenvalue weighted by molar-refractivity contribution is -0.115. The molecule has 0 aliphatic carbocycles. The maximum atomic E-state index is 11.4. The molecule has 0 N–H and O–H groups in total. The number of allylic oxidation sites excluding steroid dienone is 2. The molecule has 0 saturated carbocycles. The predicted molar refractivity (Wildman–Crippen MR) is 53.2 cm³/mol. The Morgan fingerprint density at radius 3 is 2.08 bits per heavy atom. The van der Waals surface area contributed by atoms with Gasteiger partial charge in [-0.15, -0.1) is 0 Å². The average Bonchev–Trinajstić information content (AvgIpc) is 2.04. The van der Waals surface area contributed by atoms with Gasteiger partial charge in [0.05, 0.1) is 0 Å². The first kappa shape index (κ1) is 11.4. The molecule has 0 aromatic rings. The van der Waals surface area contributed by atoms with E-state index in [1.165, 1.54) is 5.57 Å². The van der Waals surface area contributed by atoms with Crippen molar-refractivity contribution in [2.75, 3.05) is 0 Å². The molecule has 0 bridgehead atoms. The van der Waals surface area contributed by atoms with Crippen LogP contribution >= 0.6 is 0 Å². The molecular weight excluding hydrogens is 148 g/mol. The number of unbranched alkanes of at least 4 members (excludes halogenated alkanes) is 1. The minimum absolute atomic E-state index is 0.323. The van der Waals surface area contributed by atoms with Crippen LogP contribution in [0, 0.1) is 0 Å². The number of Topliss-reactive ketones (excluding diaryl/α,β-unsaturated/α-hetero) is 1. The smallest absolute Gasteiger partial charge is 0.158 e. The van der Waals surface area contributed by atoms with Crippen molar-refractivity contribution >= 4 is 5.78 Å². The van der Waals surface area contributed by atoms with E-state index in [9.17, 15) is 4.79 Å². The number of rotatable bonds is 5. The highest BCUT2D eigenvalue weighted by atomic mass is 16.1. The molecule has 1 nitrogen and oxygen atoms in total. The van der Waals surface area contributed by atoms with Gasteiger partial charge in [0.15, 0.2) is 5.78 Å². The van der Waals surface area contributed by atoms with Crippen LogP contribution in [0.15, 0.2) is 11.1 Å². The van der Waals surface area contributed by atoms with Crippen LogP contribution in [0.5, 0.6) is 0 Å². The molecule has 0 saturated heterocycles. The third-order valence-electron chi connectivity index (χ3n) is 2.04. The van der Waals surface area contributed by atoms with Crippen LogP contribution in [-0.4, -0.2) is 5.78 Å². The van der Waals surface area contributed by atoms with E-state index in [0.717, 1.165) is 24.8 Å². The molecule has 70 valence electrons. The van der Waals surface area contributed by atoms with Gasteiger partial charge in [-0.1, -0.05) is 25.8 Å². The SMILES string of the molecule is CCCCC(C(=O)CC)=C(C)C. The van der Waals surface area contributed by atoms with Crippen molar-refractivity contribution < 1.29 is 4.79 Å². The third-order valence-corrected chi connectivity index (χ3v) is 2.04. The number of hydrogen-bond acceptors (Lipinski definition) is 1. The Hall–Kier alpha value is -0.590.